The molecule has 0 saturated carbocycles. The van der Waals surface area contributed by atoms with Gasteiger partial charge in [-0.1, -0.05) is 24.4 Å². The molecule has 0 unspecified atom stereocenters. The summed E-state index contributed by atoms with van der Waals surface area (Å²) >= 11 is 6.84. The average molecular weight is 195 g/mol. The van der Waals surface area contributed by atoms with Crippen LogP contribution in [0.15, 0.2) is 18.2 Å². The molecule has 1 nitrogen and oxygen atoms in total. The van der Waals surface area contributed by atoms with E-state index in [1.807, 2.05) is 17.8 Å². The van der Waals surface area contributed by atoms with Crippen molar-refractivity contribution in [2.24, 2.45) is 5.73 Å². The molecule has 0 spiro atoms. The fraction of sp³-hybridized carbons (Fsp3) is 0.222. The summed E-state index contributed by atoms with van der Waals surface area (Å²) in [6.07, 6.45) is 0. The van der Waals surface area contributed by atoms with Crippen molar-refractivity contribution in [2.75, 3.05) is 0 Å². The molecule has 1 heterocycles. The van der Waals surface area contributed by atoms with Gasteiger partial charge in [-0.25, -0.2) is 0 Å². The molecular formula is C9H9NS2. The van der Waals surface area contributed by atoms with Crippen molar-refractivity contribution < 1.29 is 0 Å². The van der Waals surface area contributed by atoms with Crippen LogP contribution in [0.5, 0.6) is 0 Å². The standard InChI is InChI=1S/C9H9NS2/c10-9(11)6-1-2-7-4-12-5-8(7)3-6/h1-3H,4-5H2,(H2,10,11). The second-order valence-corrected chi connectivity index (χ2v) is 4.27. The normalized spacial score (nSPS) is 14.3. The van der Waals surface area contributed by atoms with Crippen LogP contribution in [0.3, 0.4) is 0 Å². The van der Waals surface area contributed by atoms with E-state index in [1.165, 1.54) is 11.1 Å². The lowest BCUT2D eigenvalue weighted by atomic mass is 10.1. The lowest BCUT2D eigenvalue weighted by Gasteiger charge is -2.01. The van der Waals surface area contributed by atoms with Crippen molar-refractivity contribution in [3.63, 3.8) is 0 Å². The Kier molecular flexibility index (Phi) is 2.07. The summed E-state index contributed by atoms with van der Waals surface area (Å²) in [5.74, 6) is 2.23. The number of thioether (sulfide) groups is 1. The number of benzene rings is 1. The fourth-order valence-electron chi connectivity index (χ4n) is 1.33. The first-order chi connectivity index (χ1) is 5.77. The minimum atomic E-state index is 0.495. The third-order valence-corrected chi connectivity index (χ3v) is 3.27. The molecule has 2 rings (SSSR count). The van der Waals surface area contributed by atoms with Gasteiger partial charge < -0.3 is 5.73 Å². The van der Waals surface area contributed by atoms with E-state index in [1.54, 1.807) is 0 Å². The highest BCUT2D eigenvalue weighted by molar-refractivity contribution is 7.98. The fourth-order valence-corrected chi connectivity index (χ4v) is 2.54. The Morgan fingerprint density at radius 3 is 2.83 bits per heavy atom. The van der Waals surface area contributed by atoms with Crippen LogP contribution >= 0.6 is 24.0 Å². The first-order valence-electron chi connectivity index (χ1n) is 3.77. The summed E-state index contributed by atoms with van der Waals surface area (Å²) in [4.78, 5) is 0.495. The Bertz CT molecular complexity index is 333. The summed E-state index contributed by atoms with van der Waals surface area (Å²) < 4.78 is 0. The first kappa shape index (κ1) is 8.08. The molecule has 0 fully saturated rings. The monoisotopic (exact) mass is 195 g/mol. The second-order valence-electron chi connectivity index (χ2n) is 2.84. The molecule has 0 aromatic heterocycles. The van der Waals surface area contributed by atoms with E-state index in [0.717, 1.165) is 17.1 Å². The zero-order valence-corrected chi connectivity index (χ0v) is 8.17. The highest BCUT2D eigenvalue weighted by atomic mass is 32.2. The van der Waals surface area contributed by atoms with E-state index in [-0.39, 0.29) is 0 Å². The molecule has 62 valence electrons. The summed E-state index contributed by atoms with van der Waals surface area (Å²) in [7, 11) is 0. The molecule has 1 aliphatic heterocycles. The predicted molar refractivity (Wildman–Crippen MR) is 57.3 cm³/mol. The molecule has 0 radical (unpaired) electrons. The van der Waals surface area contributed by atoms with Crippen LogP contribution in [0.4, 0.5) is 0 Å². The number of rotatable bonds is 1. The maximum atomic E-state index is 5.53. The number of nitrogens with two attached hydrogens (primary N) is 1. The van der Waals surface area contributed by atoms with Crippen molar-refractivity contribution in [3.8, 4) is 0 Å². The smallest absolute Gasteiger partial charge is 0.103 e. The summed E-state index contributed by atoms with van der Waals surface area (Å²) in [6.45, 7) is 0. The Labute approximate surface area is 81.3 Å². The van der Waals surface area contributed by atoms with Gasteiger partial charge in [-0.15, -0.1) is 0 Å². The van der Waals surface area contributed by atoms with Crippen molar-refractivity contribution in [1.82, 2.24) is 0 Å². The van der Waals surface area contributed by atoms with Gasteiger partial charge >= 0.3 is 0 Å². The van der Waals surface area contributed by atoms with Gasteiger partial charge in [0, 0.05) is 17.1 Å². The largest absolute Gasteiger partial charge is 0.389 e. The topological polar surface area (TPSA) is 26.0 Å². The van der Waals surface area contributed by atoms with Crippen molar-refractivity contribution >= 4 is 29.0 Å². The van der Waals surface area contributed by atoms with Gasteiger partial charge in [-0.3, -0.25) is 0 Å². The minimum Gasteiger partial charge on any atom is -0.389 e. The van der Waals surface area contributed by atoms with E-state index in [0.29, 0.717) is 4.99 Å². The summed E-state index contributed by atoms with van der Waals surface area (Å²) in [6, 6.07) is 6.24. The van der Waals surface area contributed by atoms with Crippen LogP contribution in [0, 0.1) is 0 Å². The van der Waals surface area contributed by atoms with E-state index >= 15 is 0 Å². The Balaban J connectivity index is 2.45. The highest BCUT2D eigenvalue weighted by Crippen LogP contribution is 2.30. The van der Waals surface area contributed by atoms with Gasteiger partial charge in [0.05, 0.1) is 0 Å². The molecular weight excluding hydrogens is 186 g/mol. The van der Waals surface area contributed by atoms with E-state index in [4.69, 9.17) is 18.0 Å². The number of thiocarbonyl (C=S) groups is 1. The average Bonchev–Trinajstić information content (AvgIpc) is 2.49. The van der Waals surface area contributed by atoms with Crippen LogP contribution in [0.1, 0.15) is 16.7 Å². The Hall–Kier alpha value is -0.540. The molecule has 0 aliphatic carbocycles. The van der Waals surface area contributed by atoms with Crippen molar-refractivity contribution in [1.29, 1.82) is 0 Å². The van der Waals surface area contributed by atoms with Crippen LogP contribution < -0.4 is 5.73 Å². The van der Waals surface area contributed by atoms with Gasteiger partial charge in [0.15, 0.2) is 0 Å². The molecule has 0 saturated heterocycles. The van der Waals surface area contributed by atoms with E-state index < -0.39 is 0 Å². The van der Waals surface area contributed by atoms with Crippen LogP contribution in [0.2, 0.25) is 0 Å². The van der Waals surface area contributed by atoms with Gasteiger partial charge in [0.2, 0.25) is 0 Å². The molecule has 2 N–H and O–H groups in total. The molecule has 1 aromatic rings. The van der Waals surface area contributed by atoms with Crippen LogP contribution in [-0.2, 0) is 11.5 Å². The summed E-state index contributed by atoms with van der Waals surface area (Å²) in [5, 5.41) is 0. The maximum absolute atomic E-state index is 5.53. The van der Waals surface area contributed by atoms with Crippen molar-refractivity contribution in [3.05, 3.63) is 34.9 Å². The van der Waals surface area contributed by atoms with Crippen LogP contribution in [-0.4, -0.2) is 4.99 Å². The molecule has 1 aromatic carbocycles. The van der Waals surface area contributed by atoms with Gasteiger partial charge in [-0.2, -0.15) is 11.8 Å². The third kappa shape index (κ3) is 1.34. The lowest BCUT2D eigenvalue weighted by Crippen LogP contribution is -2.09. The number of hydrogen-bond donors (Lipinski definition) is 1. The molecule has 1 aliphatic rings. The van der Waals surface area contributed by atoms with Gasteiger partial charge in [0.1, 0.15) is 4.99 Å². The predicted octanol–water partition coefficient (Wildman–Crippen LogP) is 2.07. The Morgan fingerprint density at radius 2 is 2.08 bits per heavy atom. The SMILES string of the molecule is NC(=S)c1ccc2c(c1)CSC2. The van der Waals surface area contributed by atoms with E-state index in [2.05, 4.69) is 12.1 Å². The minimum absolute atomic E-state index is 0.495. The van der Waals surface area contributed by atoms with Gasteiger partial charge in [0.25, 0.3) is 0 Å². The third-order valence-electron chi connectivity index (χ3n) is 2.01. The number of hydrogen-bond acceptors (Lipinski definition) is 2. The van der Waals surface area contributed by atoms with Crippen LogP contribution in [0.25, 0.3) is 0 Å². The first-order valence-corrected chi connectivity index (χ1v) is 5.33. The highest BCUT2D eigenvalue weighted by Gasteiger charge is 2.11. The summed E-state index contributed by atoms with van der Waals surface area (Å²) in [5.41, 5.74) is 9.35. The Morgan fingerprint density at radius 1 is 1.33 bits per heavy atom. The zero-order valence-electron chi connectivity index (χ0n) is 6.54. The maximum Gasteiger partial charge on any atom is 0.103 e. The molecule has 0 amide bonds. The molecule has 3 heteroatoms. The molecule has 0 bridgehead atoms. The molecule has 12 heavy (non-hydrogen) atoms. The van der Waals surface area contributed by atoms with E-state index in [9.17, 15) is 0 Å². The lowest BCUT2D eigenvalue weighted by molar-refractivity contribution is 1.34. The number of fused-ring (bicyclic) bond motifs is 1. The second kappa shape index (κ2) is 3.07. The quantitative estimate of drug-likeness (QED) is 0.695. The van der Waals surface area contributed by atoms with Gasteiger partial charge in [-0.05, 0) is 17.2 Å². The zero-order chi connectivity index (χ0) is 8.55. The van der Waals surface area contributed by atoms with Crippen molar-refractivity contribution in [2.45, 2.75) is 11.5 Å². The molecule has 0 atom stereocenters.